The summed E-state index contributed by atoms with van der Waals surface area (Å²) >= 11 is 0. The van der Waals surface area contributed by atoms with Crippen LogP contribution in [0.2, 0.25) is 0 Å². The molecule has 1 fully saturated rings. The van der Waals surface area contributed by atoms with Gasteiger partial charge in [0.1, 0.15) is 0 Å². The number of hydrogen-bond donors (Lipinski definition) is 3. The number of rotatable bonds is 6. The second-order valence-electron chi connectivity index (χ2n) is 4.63. The van der Waals surface area contributed by atoms with Crippen molar-refractivity contribution in [2.75, 3.05) is 6.54 Å². The summed E-state index contributed by atoms with van der Waals surface area (Å²) in [7, 11) is 0. The minimum atomic E-state index is -0.866. The largest absolute Gasteiger partial charge is 0.481 e. The second kappa shape index (κ2) is 4.41. The van der Waals surface area contributed by atoms with Gasteiger partial charge in [-0.15, -0.1) is 0 Å². The zero-order chi connectivity index (χ0) is 12.4. The van der Waals surface area contributed by atoms with E-state index in [0.29, 0.717) is 25.7 Å². The van der Waals surface area contributed by atoms with E-state index in [2.05, 4.69) is 5.32 Å². The third-order valence-corrected chi connectivity index (χ3v) is 3.61. The molecule has 1 aliphatic rings. The predicted molar refractivity (Wildman–Crippen MR) is 59.8 cm³/mol. The van der Waals surface area contributed by atoms with Crippen LogP contribution in [0.15, 0.2) is 0 Å². The number of carbonyl (C=O) groups excluding carboxylic acids is 1. The summed E-state index contributed by atoms with van der Waals surface area (Å²) in [5.41, 5.74) is 4.32. The third kappa shape index (κ3) is 2.35. The van der Waals surface area contributed by atoms with Crippen LogP contribution >= 0.6 is 0 Å². The molecule has 0 bridgehead atoms. The number of carboxylic acids is 1. The van der Waals surface area contributed by atoms with Crippen LogP contribution in [-0.2, 0) is 9.59 Å². The van der Waals surface area contributed by atoms with Gasteiger partial charge in [0.05, 0.1) is 11.0 Å². The zero-order valence-corrected chi connectivity index (χ0v) is 9.88. The van der Waals surface area contributed by atoms with Gasteiger partial charge in [-0.3, -0.25) is 9.59 Å². The maximum atomic E-state index is 11.8. The number of nitrogens with one attached hydrogen (secondary N) is 1. The Balaban J connectivity index is 2.50. The van der Waals surface area contributed by atoms with Crippen molar-refractivity contribution in [3.63, 3.8) is 0 Å². The Morgan fingerprint density at radius 3 is 2.19 bits per heavy atom. The van der Waals surface area contributed by atoms with E-state index in [1.807, 2.05) is 13.8 Å². The third-order valence-electron chi connectivity index (χ3n) is 3.61. The Bertz CT molecular complexity index is 294. The number of hydrogen-bond acceptors (Lipinski definition) is 3. The van der Waals surface area contributed by atoms with Crippen LogP contribution < -0.4 is 11.1 Å². The van der Waals surface area contributed by atoms with Crippen molar-refractivity contribution in [3.05, 3.63) is 0 Å². The van der Waals surface area contributed by atoms with E-state index >= 15 is 0 Å². The fourth-order valence-electron chi connectivity index (χ4n) is 1.61. The minimum absolute atomic E-state index is 0.195. The predicted octanol–water partition coefficient (Wildman–Crippen LogP) is 0.485. The Morgan fingerprint density at radius 2 is 1.88 bits per heavy atom. The van der Waals surface area contributed by atoms with E-state index in [1.54, 1.807) is 0 Å². The summed E-state index contributed by atoms with van der Waals surface area (Å²) in [6, 6.07) is 0. The Hall–Kier alpha value is -1.10. The van der Waals surface area contributed by atoms with Gasteiger partial charge in [-0.1, -0.05) is 13.8 Å². The molecule has 92 valence electrons. The lowest BCUT2D eigenvalue weighted by atomic mass is 9.93. The fraction of sp³-hybridized carbons (Fsp3) is 0.818. The Morgan fingerprint density at radius 1 is 1.38 bits per heavy atom. The van der Waals surface area contributed by atoms with E-state index < -0.39 is 16.9 Å². The molecule has 0 heterocycles. The first-order valence-corrected chi connectivity index (χ1v) is 5.71. The summed E-state index contributed by atoms with van der Waals surface area (Å²) in [6.07, 6.45) is 2.38. The fourth-order valence-corrected chi connectivity index (χ4v) is 1.61. The van der Waals surface area contributed by atoms with Gasteiger partial charge in [0.15, 0.2) is 0 Å². The molecule has 1 saturated carbocycles. The van der Waals surface area contributed by atoms with E-state index in [4.69, 9.17) is 10.8 Å². The van der Waals surface area contributed by atoms with Gasteiger partial charge in [0, 0.05) is 6.54 Å². The monoisotopic (exact) mass is 228 g/mol. The van der Waals surface area contributed by atoms with Gasteiger partial charge in [0.2, 0.25) is 5.91 Å². The van der Waals surface area contributed by atoms with Gasteiger partial charge in [-0.05, 0) is 25.7 Å². The standard InChI is InChI=1S/C11H20N2O3/c1-3-11(12,4-2)8(14)13-7-10(5-6-10)9(15)16/h3-7,12H2,1-2H3,(H,13,14)(H,15,16). The second-order valence-corrected chi connectivity index (χ2v) is 4.63. The van der Waals surface area contributed by atoms with E-state index in [0.717, 1.165) is 0 Å². The smallest absolute Gasteiger partial charge is 0.311 e. The van der Waals surface area contributed by atoms with Crippen LogP contribution in [0.3, 0.4) is 0 Å². The number of carboxylic acid groups (broad SMARTS) is 1. The zero-order valence-electron chi connectivity index (χ0n) is 9.88. The van der Waals surface area contributed by atoms with Gasteiger partial charge in [-0.2, -0.15) is 0 Å². The van der Waals surface area contributed by atoms with Crippen molar-refractivity contribution in [2.45, 2.75) is 45.1 Å². The van der Waals surface area contributed by atoms with Gasteiger partial charge >= 0.3 is 5.97 Å². The average Bonchev–Trinajstić information content (AvgIpc) is 3.05. The molecule has 4 N–H and O–H groups in total. The van der Waals surface area contributed by atoms with Gasteiger partial charge in [-0.25, -0.2) is 0 Å². The maximum absolute atomic E-state index is 11.8. The SMILES string of the molecule is CCC(N)(CC)C(=O)NCC1(C(=O)O)CC1. The molecule has 16 heavy (non-hydrogen) atoms. The number of aliphatic carboxylic acids is 1. The lowest BCUT2D eigenvalue weighted by Crippen LogP contribution is -2.54. The van der Waals surface area contributed by atoms with Crippen molar-refractivity contribution in [2.24, 2.45) is 11.1 Å². The van der Waals surface area contributed by atoms with Crippen LogP contribution in [0.5, 0.6) is 0 Å². The highest BCUT2D eigenvalue weighted by atomic mass is 16.4. The molecule has 0 aromatic carbocycles. The van der Waals surface area contributed by atoms with Crippen LogP contribution in [0.1, 0.15) is 39.5 Å². The molecular formula is C11H20N2O3. The summed E-state index contributed by atoms with van der Waals surface area (Å²) in [5.74, 6) is -1.08. The maximum Gasteiger partial charge on any atom is 0.311 e. The first-order chi connectivity index (χ1) is 7.40. The van der Waals surface area contributed by atoms with Gasteiger partial charge < -0.3 is 16.2 Å². The Kier molecular flexibility index (Phi) is 3.57. The van der Waals surface area contributed by atoms with Crippen LogP contribution in [-0.4, -0.2) is 29.1 Å². The molecule has 1 amide bonds. The average molecular weight is 228 g/mol. The van der Waals surface area contributed by atoms with E-state index in [1.165, 1.54) is 0 Å². The molecule has 0 aromatic rings. The van der Waals surface area contributed by atoms with Crippen molar-refractivity contribution in [1.82, 2.24) is 5.32 Å². The molecule has 0 radical (unpaired) electrons. The highest BCUT2D eigenvalue weighted by Crippen LogP contribution is 2.45. The number of carbonyl (C=O) groups is 2. The lowest BCUT2D eigenvalue weighted by Gasteiger charge is -2.26. The number of amides is 1. The van der Waals surface area contributed by atoms with E-state index in [-0.39, 0.29) is 12.5 Å². The topological polar surface area (TPSA) is 92.4 Å². The summed E-state index contributed by atoms with van der Waals surface area (Å²) in [5, 5.41) is 11.6. The Labute approximate surface area is 95.4 Å². The molecule has 1 rings (SSSR count). The highest BCUT2D eigenvalue weighted by molar-refractivity contribution is 5.87. The van der Waals surface area contributed by atoms with Crippen LogP contribution in [0, 0.1) is 5.41 Å². The van der Waals surface area contributed by atoms with Crippen molar-refractivity contribution >= 4 is 11.9 Å². The quantitative estimate of drug-likeness (QED) is 0.616. The summed E-state index contributed by atoms with van der Waals surface area (Å²) in [4.78, 5) is 22.7. The number of nitrogens with two attached hydrogens (primary N) is 1. The highest BCUT2D eigenvalue weighted by Gasteiger charge is 2.50. The van der Waals surface area contributed by atoms with Crippen molar-refractivity contribution in [1.29, 1.82) is 0 Å². The molecule has 0 saturated heterocycles. The van der Waals surface area contributed by atoms with Crippen molar-refractivity contribution in [3.8, 4) is 0 Å². The molecule has 5 heteroatoms. The molecule has 0 unspecified atom stereocenters. The summed E-state index contributed by atoms with van der Waals surface area (Å²) < 4.78 is 0. The lowest BCUT2D eigenvalue weighted by molar-refractivity contribution is -0.143. The van der Waals surface area contributed by atoms with Crippen LogP contribution in [0.25, 0.3) is 0 Å². The molecule has 0 aromatic heterocycles. The van der Waals surface area contributed by atoms with Crippen molar-refractivity contribution < 1.29 is 14.7 Å². The van der Waals surface area contributed by atoms with E-state index in [9.17, 15) is 9.59 Å². The molecular weight excluding hydrogens is 208 g/mol. The normalized spacial score (nSPS) is 17.9. The molecule has 0 spiro atoms. The van der Waals surface area contributed by atoms with Crippen LogP contribution in [0.4, 0.5) is 0 Å². The first-order valence-electron chi connectivity index (χ1n) is 5.71. The molecule has 1 aliphatic carbocycles. The first kappa shape index (κ1) is 13.0. The molecule has 5 nitrogen and oxygen atoms in total. The summed E-state index contributed by atoms with van der Waals surface area (Å²) in [6.45, 7) is 3.90. The molecule has 0 aliphatic heterocycles. The minimum Gasteiger partial charge on any atom is -0.481 e. The molecule has 0 atom stereocenters. The van der Waals surface area contributed by atoms with Gasteiger partial charge in [0.25, 0.3) is 0 Å².